The molecular weight excluding hydrogens is 272 g/mol. The molecule has 0 bridgehead atoms. The number of carbonyl (C=O) groups excluding carboxylic acids is 1. The van der Waals surface area contributed by atoms with E-state index in [1.807, 2.05) is 0 Å². The number of H-pyrrole nitrogens is 1. The molecule has 0 radical (unpaired) electrons. The van der Waals surface area contributed by atoms with Gasteiger partial charge < -0.3 is 9.84 Å². The van der Waals surface area contributed by atoms with Gasteiger partial charge in [-0.25, -0.2) is 4.98 Å². The molecule has 2 aromatic heterocycles. The Hall–Kier alpha value is -2.25. The molecule has 0 fully saturated rings. The molecule has 0 aliphatic heterocycles. The van der Waals surface area contributed by atoms with Crippen molar-refractivity contribution in [2.45, 2.75) is 45.4 Å². The lowest BCUT2D eigenvalue weighted by molar-refractivity contribution is -0.121. The van der Waals surface area contributed by atoms with Crippen LogP contribution in [-0.4, -0.2) is 37.8 Å². The molecule has 2 aromatic rings. The fourth-order valence-corrected chi connectivity index (χ4v) is 1.86. The van der Waals surface area contributed by atoms with E-state index >= 15 is 0 Å². The Bertz CT molecular complexity index is 537. The second kappa shape index (κ2) is 8.13. The molecule has 8 heteroatoms. The van der Waals surface area contributed by atoms with Crippen LogP contribution >= 0.6 is 0 Å². The van der Waals surface area contributed by atoms with Crippen LogP contribution in [0.1, 0.15) is 43.7 Å². The summed E-state index contributed by atoms with van der Waals surface area (Å²) >= 11 is 0. The molecule has 21 heavy (non-hydrogen) atoms. The van der Waals surface area contributed by atoms with Crippen molar-refractivity contribution in [2.24, 2.45) is 0 Å². The molecule has 0 aliphatic carbocycles. The van der Waals surface area contributed by atoms with Gasteiger partial charge in [-0.2, -0.15) is 10.1 Å². The first kappa shape index (κ1) is 15.1. The number of aromatic amines is 1. The highest BCUT2D eigenvalue weighted by atomic mass is 16.5. The lowest BCUT2D eigenvalue weighted by Gasteiger charge is -2.02. The van der Waals surface area contributed by atoms with Crippen LogP contribution in [0, 0.1) is 0 Å². The fourth-order valence-electron chi connectivity index (χ4n) is 1.86. The predicted octanol–water partition coefficient (Wildman–Crippen LogP) is 0.822. The Morgan fingerprint density at radius 3 is 3.05 bits per heavy atom. The Morgan fingerprint density at radius 1 is 1.38 bits per heavy atom. The van der Waals surface area contributed by atoms with E-state index in [1.54, 1.807) is 0 Å². The van der Waals surface area contributed by atoms with E-state index in [9.17, 15) is 4.79 Å². The van der Waals surface area contributed by atoms with Gasteiger partial charge in [-0.15, -0.1) is 0 Å². The zero-order chi connectivity index (χ0) is 14.9. The summed E-state index contributed by atoms with van der Waals surface area (Å²) in [4.78, 5) is 19.9. The minimum Gasteiger partial charge on any atom is -0.356 e. The van der Waals surface area contributed by atoms with E-state index < -0.39 is 0 Å². The Morgan fingerprint density at radius 2 is 2.29 bits per heavy atom. The third-order valence-corrected chi connectivity index (χ3v) is 2.93. The van der Waals surface area contributed by atoms with Gasteiger partial charge in [0, 0.05) is 32.2 Å². The summed E-state index contributed by atoms with van der Waals surface area (Å²) in [5.74, 6) is 2.05. The molecule has 0 spiro atoms. The van der Waals surface area contributed by atoms with Crippen LogP contribution in [0.5, 0.6) is 0 Å². The smallest absolute Gasteiger partial charge is 0.227 e. The summed E-state index contributed by atoms with van der Waals surface area (Å²) in [7, 11) is 0. The van der Waals surface area contributed by atoms with Crippen LogP contribution < -0.4 is 5.32 Å². The van der Waals surface area contributed by atoms with E-state index in [4.69, 9.17) is 4.52 Å². The molecule has 114 valence electrons. The van der Waals surface area contributed by atoms with Crippen LogP contribution in [0.2, 0.25) is 0 Å². The van der Waals surface area contributed by atoms with Gasteiger partial charge in [-0.05, 0) is 12.8 Å². The van der Waals surface area contributed by atoms with Crippen molar-refractivity contribution in [3.05, 3.63) is 23.9 Å². The van der Waals surface area contributed by atoms with Gasteiger partial charge in [0.05, 0.1) is 0 Å². The van der Waals surface area contributed by atoms with Crippen molar-refractivity contribution in [1.29, 1.82) is 0 Å². The van der Waals surface area contributed by atoms with Gasteiger partial charge in [0.25, 0.3) is 0 Å². The van der Waals surface area contributed by atoms with Crippen molar-refractivity contribution in [3.8, 4) is 0 Å². The highest BCUT2D eigenvalue weighted by Gasteiger charge is 2.08. The molecule has 2 N–H and O–H groups in total. The van der Waals surface area contributed by atoms with Gasteiger partial charge in [-0.1, -0.05) is 12.1 Å². The third kappa shape index (κ3) is 5.33. The van der Waals surface area contributed by atoms with E-state index in [0.29, 0.717) is 31.1 Å². The average molecular weight is 292 g/mol. The summed E-state index contributed by atoms with van der Waals surface area (Å²) in [6, 6.07) is 0. The lowest BCUT2D eigenvalue weighted by Crippen LogP contribution is -2.25. The summed E-state index contributed by atoms with van der Waals surface area (Å²) in [5.41, 5.74) is 0. The maximum Gasteiger partial charge on any atom is 0.227 e. The summed E-state index contributed by atoms with van der Waals surface area (Å²) in [5, 5.41) is 13.3. The summed E-state index contributed by atoms with van der Waals surface area (Å²) < 4.78 is 5.08. The van der Waals surface area contributed by atoms with Crippen LogP contribution in [0.4, 0.5) is 0 Å². The second-order valence-electron chi connectivity index (χ2n) is 4.74. The maximum absolute atomic E-state index is 11.7. The average Bonchev–Trinajstić information content (AvgIpc) is 3.13. The number of aryl methyl sites for hydroxylation is 3. The molecule has 8 nitrogen and oxygen atoms in total. The monoisotopic (exact) mass is 292 g/mol. The highest BCUT2D eigenvalue weighted by molar-refractivity contribution is 5.75. The molecule has 0 aliphatic rings. The van der Waals surface area contributed by atoms with Crippen molar-refractivity contribution in [2.75, 3.05) is 6.54 Å². The topological polar surface area (TPSA) is 110 Å². The van der Waals surface area contributed by atoms with Crippen LogP contribution in [0.15, 0.2) is 10.9 Å². The Balaban J connectivity index is 1.58. The predicted molar refractivity (Wildman–Crippen MR) is 74.3 cm³/mol. The molecule has 1 amide bonds. The van der Waals surface area contributed by atoms with E-state index in [1.165, 1.54) is 6.33 Å². The zero-order valence-electron chi connectivity index (χ0n) is 12.1. The molecular formula is C13H20N6O2. The van der Waals surface area contributed by atoms with Crippen molar-refractivity contribution < 1.29 is 9.32 Å². The number of hydrogen-bond donors (Lipinski definition) is 2. The molecule has 0 aromatic carbocycles. The largest absolute Gasteiger partial charge is 0.356 e. The Labute approximate surface area is 122 Å². The quantitative estimate of drug-likeness (QED) is 0.662. The van der Waals surface area contributed by atoms with Gasteiger partial charge in [0.15, 0.2) is 5.82 Å². The van der Waals surface area contributed by atoms with Crippen molar-refractivity contribution >= 4 is 5.91 Å². The van der Waals surface area contributed by atoms with Gasteiger partial charge >= 0.3 is 0 Å². The van der Waals surface area contributed by atoms with E-state index in [-0.39, 0.29) is 5.91 Å². The molecule has 0 saturated heterocycles. The van der Waals surface area contributed by atoms with Gasteiger partial charge in [0.1, 0.15) is 12.2 Å². The Kier molecular flexibility index (Phi) is 5.86. The normalized spacial score (nSPS) is 10.7. The number of carbonyl (C=O) groups is 1. The minimum absolute atomic E-state index is 0.0113. The fraction of sp³-hybridized carbons (Fsp3) is 0.615. The summed E-state index contributed by atoms with van der Waals surface area (Å²) in [6.07, 6.45) is 5.68. The summed E-state index contributed by atoms with van der Waals surface area (Å²) in [6.45, 7) is 2.67. The molecule has 2 rings (SSSR count). The zero-order valence-corrected chi connectivity index (χ0v) is 12.1. The molecule has 0 atom stereocenters. The number of nitrogens with zero attached hydrogens (tertiary/aromatic N) is 4. The standard InChI is InChI=1S/C13H20N6O2/c1-2-4-11-17-13(21-19-11)7-6-12(20)14-8-3-5-10-15-9-16-18-10/h9H,2-8H2,1H3,(H,14,20)(H,15,16,18). The first-order chi connectivity index (χ1) is 10.3. The van der Waals surface area contributed by atoms with E-state index in [0.717, 1.165) is 31.5 Å². The molecule has 0 unspecified atom stereocenters. The number of aromatic nitrogens is 5. The van der Waals surface area contributed by atoms with Crippen LogP contribution in [-0.2, 0) is 24.1 Å². The van der Waals surface area contributed by atoms with Crippen LogP contribution in [0.3, 0.4) is 0 Å². The SMILES string of the molecule is CCCc1noc(CCC(=O)NCCCc2ncn[nH]2)n1. The highest BCUT2D eigenvalue weighted by Crippen LogP contribution is 2.03. The second-order valence-corrected chi connectivity index (χ2v) is 4.74. The number of amides is 1. The van der Waals surface area contributed by atoms with Gasteiger partial charge in [-0.3, -0.25) is 9.89 Å². The van der Waals surface area contributed by atoms with E-state index in [2.05, 4.69) is 37.6 Å². The number of nitrogens with one attached hydrogen (secondary N) is 2. The lowest BCUT2D eigenvalue weighted by atomic mass is 10.2. The minimum atomic E-state index is -0.0113. The van der Waals surface area contributed by atoms with Crippen molar-refractivity contribution in [1.82, 2.24) is 30.6 Å². The van der Waals surface area contributed by atoms with Crippen molar-refractivity contribution in [3.63, 3.8) is 0 Å². The molecule has 0 saturated carbocycles. The number of rotatable bonds is 9. The first-order valence-electron chi connectivity index (χ1n) is 7.20. The van der Waals surface area contributed by atoms with Gasteiger partial charge in [0.2, 0.25) is 11.8 Å². The molecule has 2 heterocycles. The third-order valence-electron chi connectivity index (χ3n) is 2.93. The first-order valence-corrected chi connectivity index (χ1v) is 7.20. The maximum atomic E-state index is 11.7. The van der Waals surface area contributed by atoms with Crippen LogP contribution in [0.25, 0.3) is 0 Å². The number of hydrogen-bond acceptors (Lipinski definition) is 6.